The minimum atomic E-state index is -0.380. The maximum atomic E-state index is 12.3. The van der Waals surface area contributed by atoms with E-state index >= 15 is 0 Å². The molecule has 0 radical (unpaired) electrons. The number of aromatic amines is 1. The Labute approximate surface area is 177 Å². The van der Waals surface area contributed by atoms with E-state index in [-0.39, 0.29) is 22.8 Å². The van der Waals surface area contributed by atoms with E-state index < -0.39 is 0 Å². The van der Waals surface area contributed by atoms with E-state index in [1.54, 1.807) is 6.20 Å². The first-order valence-corrected chi connectivity index (χ1v) is 11.0. The zero-order valence-corrected chi connectivity index (χ0v) is 17.3. The van der Waals surface area contributed by atoms with Gasteiger partial charge in [0.2, 0.25) is 10.9 Å². The summed E-state index contributed by atoms with van der Waals surface area (Å²) in [7, 11) is 0. The van der Waals surface area contributed by atoms with Crippen LogP contribution in [0.5, 0.6) is 0 Å². The number of nitrogens with one attached hydrogen (secondary N) is 2. The number of hydrogen-bond donors (Lipinski definition) is 2. The molecule has 9 heteroatoms. The smallest absolute Gasteiger partial charge is 0.249 e. The average molecular weight is 420 g/mol. The molecule has 3 aromatic heterocycles. The second-order valence-corrected chi connectivity index (χ2v) is 8.93. The second kappa shape index (κ2) is 6.98. The van der Waals surface area contributed by atoms with Crippen molar-refractivity contribution in [2.75, 3.05) is 18.5 Å². The molecule has 2 aliphatic rings. The number of hydrogen-bond acceptors (Lipinski definition) is 7. The van der Waals surface area contributed by atoms with Crippen LogP contribution in [0.25, 0.3) is 16.8 Å². The van der Waals surface area contributed by atoms with Crippen LogP contribution in [0.15, 0.2) is 28.0 Å². The Kier molecular flexibility index (Phi) is 4.21. The monoisotopic (exact) mass is 420 g/mol. The van der Waals surface area contributed by atoms with Gasteiger partial charge in [-0.1, -0.05) is 13.3 Å². The Hall–Kier alpha value is -3.07. The number of anilines is 1. The lowest BCUT2D eigenvalue weighted by Crippen LogP contribution is -2.47. The Bertz CT molecular complexity index is 1340. The summed E-state index contributed by atoms with van der Waals surface area (Å²) in [6.45, 7) is 3.38. The molecule has 31 heavy (non-hydrogen) atoms. The topological polar surface area (TPSA) is 114 Å². The minimum Gasteiger partial charge on any atom is -0.377 e. The standard InChI is InChI=1S/C22H24N6O3/c1-2-12-5-11(7-15-18(20(30)19(15)29)25-13-9-31-10-13)6-14(12)22-27-26-17-8-24-21-16(28(17)22)3-4-23-21/h3-4,8,11-14,23,25H,2,5-7,9-10H2,1H3/t11-,12+,14?/m0/s1. The number of nitrogens with zero attached hydrogens (tertiary/aromatic N) is 4. The molecule has 0 amide bonds. The normalized spacial score (nSPS) is 24.4. The first kappa shape index (κ1) is 18.7. The second-order valence-electron chi connectivity index (χ2n) is 8.93. The molecule has 9 nitrogen and oxygen atoms in total. The van der Waals surface area contributed by atoms with E-state index in [2.05, 4.69) is 36.8 Å². The number of aromatic nitrogens is 5. The molecule has 1 saturated carbocycles. The third kappa shape index (κ3) is 2.83. The summed E-state index contributed by atoms with van der Waals surface area (Å²) in [6.07, 6.45) is 7.25. The van der Waals surface area contributed by atoms with Crippen LogP contribution in [0.4, 0.5) is 5.69 Å². The number of rotatable bonds is 6. The fourth-order valence-corrected chi connectivity index (χ4v) is 5.41. The van der Waals surface area contributed by atoms with Crippen molar-refractivity contribution in [3.05, 3.63) is 50.3 Å². The molecule has 1 unspecified atom stereocenters. The van der Waals surface area contributed by atoms with Gasteiger partial charge in [0, 0.05) is 17.7 Å². The fourth-order valence-electron chi connectivity index (χ4n) is 5.41. The van der Waals surface area contributed by atoms with Crippen molar-refractivity contribution in [1.29, 1.82) is 0 Å². The molecule has 1 aliphatic heterocycles. The largest absolute Gasteiger partial charge is 0.377 e. The van der Waals surface area contributed by atoms with Crippen LogP contribution in [-0.4, -0.2) is 43.8 Å². The molecule has 1 aliphatic carbocycles. The van der Waals surface area contributed by atoms with Gasteiger partial charge in [-0.15, -0.1) is 10.2 Å². The maximum absolute atomic E-state index is 12.3. The predicted molar refractivity (Wildman–Crippen MR) is 115 cm³/mol. The van der Waals surface area contributed by atoms with E-state index in [4.69, 9.17) is 4.74 Å². The van der Waals surface area contributed by atoms with Gasteiger partial charge in [0.25, 0.3) is 0 Å². The first-order chi connectivity index (χ1) is 15.1. The Morgan fingerprint density at radius 1 is 1.23 bits per heavy atom. The van der Waals surface area contributed by atoms with Crippen molar-refractivity contribution < 1.29 is 4.74 Å². The summed E-state index contributed by atoms with van der Waals surface area (Å²) in [5, 5.41) is 12.1. The SMILES string of the molecule is CC[C@@H]1C[C@H](Cc2c(NC3COC3)c(=O)c2=O)CC1c1nnc2cnc3[nH]ccc3n12. The van der Waals surface area contributed by atoms with Crippen molar-refractivity contribution in [3.8, 4) is 0 Å². The van der Waals surface area contributed by atoms with Gasteiger partial charge < -0.3 is 15.0 Å². The van der Waals surface area contributed by atoms with E-state index in [1.807, 2.05) is 12.3 Å². The first-order valence-electron chi connectivity index (χ1n) is 11.0. The summed E-state index contributed by atoms with van der Waals surface area (Å²) in [5.41, 5.74) is 3.02. The summed E-state index contributed by atoms with van der Waals surface area (Å²) in [6, 6.07) is 2.14. The molecular formula is C22H24N6O3. The highest BCUT2D eigenvalue weighted by Crippen LogP contribution is 2.45. The van der Waals surface area contributed by atoms with Gasteiger partial charge >= 0.3 is 0 Å². The number of H-pyrrole nitrogens is 1. The summed E-state index contributed by atoms with van der Waals surface area (Å²) < 4.78 is 7.28. The molecule has 2 fully saturated rings. The lowest BCUT2D eigenvalue weighted by atomic mass is 9.92. The molecule has 4 heterocycles. The average Bonchev–Trinajstić information content (AvgIpc) is 3.47. The fraction of sp³-hybridized carbons (Fsp3) is 0.500. The number of ether oxygens (including phenoxy) is 1. The zero-order valence-electron chi connectivity index (χ0n) is 17.3. The van der Waals surface area contributed by atoms with Gasteiger partial charge in [-0.05, 0) is 37.2 Å². The zero-order chi connectivity index (χ0) is 21.1. The lowest BCUT2D eigenvalue weighted by molar-refractivity contribution is 0.0210. The highest BCUT2D eigenvalue weighted by Gasteiger charge is 2.39. The molecule has 0 spiro atoms. The van der Waals surface area contributed by atoms with E-state index in [9.17, 15) is 9.59 Å². The van der Waals surface area contributed by atoms with Gasteiger partial charge in [0.05, 0.1) is 36.7 Å². The molecular weight excluding hydrogens is 396 g/mol. The summed E-state index contributed by atoms with van der Waals surface area (Å²) in [5.74, 6) is 2.02. The van der Waals surface area contributed by atoms with E-state index in [0.29, 0.717) is 42.7 Å². The molecule has 160 valence electrons. The van der Waals surface area contributed by atoms with Gasteiger partial charge in [-0.3, -0.25) is 14.0 Å². The molecule has 4 aromatic rings. The maximum Gasteiger partial charge on any atom is 0.249 e. The van der Waals surface area contributed by atoms with Crippen molar-refractivity contribution in [3.63, 3.8) is 0 Å². The van der Waals surface area contributed by atoms with Gasteiger partial charge in [-0.25, -0.2) is 4.98 Å². The molecule has 3 atom stereocenters. The molecule has 1 aromatic carbocycles. The van der Waals surface area contributed by atoms with Crippen LogP contribution >= 0.6 is 0 Å². The van der Waals surface area contributed by atoms with Crippen molar-refractivity contribution in [2.45, 2.75) is 44.6 Å². The van der Waals surface area contributed by atoms with Crippen LogP contribution in [0.1, 0.15) is 43.5 Å². The highest BCUT2D eigenvalue weighted by molar-refractivity contribution is 5.74. The summed E-state index contributed by atoms with van der Waals surface area (Å²) in [4.78, 5) is 31.9. The Morgan fingerprint density at radius 2 is 2.10 bits per heavy atom. The van der Waals surface area contributed by atoms with E-state index in [0.717, 1.165) is 41.9 Å². The lowest BCUT2D eigenvalue weighted by Gasteiger charge is -2.29. The molecule has 2 N–H and O–H groups in total. The predicted octanol–water partition coefficient (Wildman–Crippen LogP) is 1.77. The van der Waals surface area contributed by atoms with Crippen LogP contribution in [0.3, 0.4) is 0 Å². The van der Waals surface area contributed by atoms with Gasteiger partial charge in [0.15, 0.2) is 11.3 Å². The van der Waals surface area contributed by atoms with E-state index in [1.165, 1.54) is 0 Å². The molecule has 1 saturated heterocycles. The minimum absolute atomic E-state index is 0.140. The van der Waals surface area contributed by atoms with Crippen LogP contribution in [-0.2, 0) is 11.2 Å². The number of fused-ring (bicyclic) bond motifs is 3. The van der Waals surface area contributed by atoms with Crippen molar-refractivity contribution in [1.82, 2.24) is 24.6 Å². The highest BCUT2D eigenvalue weighted by atomic mass is 16.5. The van der Waals surface area contributed by atoms with Crippen molar-refractivity contribution >= 4 is 22.5 Å². The summed E-state index contributed by atoms with van der Waals surface area (Å²) >= 11 is 0. The molecule has 6 rings (SSSR count). The van der Waals surface area contributed by atoms with Crippen LogP contribution < -0.4 is 16.2 Å². The Balaban J connectivity index is 1.29. The third-order valence-electron chi connectivity index (χ3n) is 7.10. The Morgan fingerprint density at radius 3 is 2.87 bits per heavy atom. The van der Waals surface area contributed by atoms with Crippen LogP contribution in [0, 0.1) is 11.8 Å². The third-order valence-corrected chi connectivity index (χ3v) is 7.10. The van der Waals surface area contributed by atoms with Crippen molar-refractivity contribution in [2.24, 2.45) is 11.8 Å². The van der Waals surface area contributed by atoms with Gasteiger partial charge in [0.1, 0.15) is 5.82 Å². The molecule has 0 bridgehead atoms. The quantitative estimate of drug-likeness (QED) is 0.457. The van der Waals surface area contributed by atoms with Gasteiger partial charge in [-0.2, -0.15) is 0 Å². The van der Waals surface area contributed by atoms with Crippen LogP contribution in [0.2, 0.25) is 0 Å².